The summed E-state index contributed by atoms with van der Waals surface area (Å²) >= 11 is 0. The summed E-state index contributed by atoms with van der Waals surface area (Å²) < 4.78 is 11.4. The van der Waals surface area contributed by atoms with Crippen LogP contribution in [0.4, 0.5) is 5.82 Å². The van der Waals surface area contributed by atoms with E-state index in [1.807, 2.05) is 6.20 Å². The lowest BCUT2D eigenvalue weighted by Crippen LogP contribution is -2.45. The van der Waals surface area contributed by atoms with E-state index in [1.54, 1.807) is 19.5 Å². The smallest absolute Gasteiger partial charge is 0.147 e. The van der Waals surface area contributed by atoms with Gasteiger partial charge >= 0.3 is 0 Å². The summed E-state index contributed by atoms with van der Waals surface area (Å²) in [4.78, 5) is 13.2. The van der Waals surface area contributed by atoms with Crippen molar-refractivity contribution in [1.29, 1.82) is 0 Å². The van der Waals surface area contributed by atoms with Gasteiger partial charge in [-0.3, -0.25) is 9.88 Å². The summed E-state index contributed by atoms with van der Waals surface area (Å²) in [6, 6.07) is 0.512. The lowest BCUT2D eigenvalue weighted by Gasteiger charge is -2.39. The highest BCUT2D eigenvalue weighted by Gasteiger charge is 2.43. The molecule has 1 aromatic heterocycles. The number of piperidine rings is 1. The summed E-state index contributed by atoms with van der Waals surface area (Å²) in [5.74, 6) is 0.976. The Bertz CT molecular complexity index is 462. The molecule has 3 heterocycles. The van der Waals surface area contributed by atoms with E-state index >= 15 is 0 Å². The van der Waals surface area contributed by atoms with Crippen LogP contribution in [0.15, 0.2) is 18.6 Å². The number of anilines is 1. The van der Waals surface area contributed by atoms with Gasteiger partial charge in [-0.25, -0.2) is 4.98 Å². The van der Waals surface area contributed by atoms with Gasteiger partial charge < -0.3 is 14.4 Å². The highest BCUT2D eigenvalue weighted by atomic mass is 16.5. The maximum Gasteiger partial charge on any atom is 0.147 e. The molecule has 0 bridgehead atoms. The number of ether oxygens (including phenoxy) is 2. The monoisotopic (exact) mass is 306 g/mol. The third kappa shape index (κ3) is 3.39. The van der Waals surface area contributed by atoms with Crippen molar-refractivity contribution in [2.75, 3.05) is 51.9 Å². The Morgan fingerprint density at radius 3 is 2.91 bits per heavy atom. The van der Waals surface area contributed by atoms with Crippen LogP contribution in [0, 0.1) is 0 Å². The van der Waals surface area contributed by atoms with E-state index in [1.165, 1.54) is 0 Å². The summed E-state index contributed by atoms with van der Waals surface area (Å²) in [6.07, 6.45) is 8.58. The quantitative estimate of drug-likeness (QED) is 0.814. The normalized spacial score (nSPS) is 24.3. The number of aromatic nitrogens is 2. The Balaban J connectivity index is 1.53. The minimum atomic E-state index is 0.0602. The van der Waals surface area contributed by atoms with Crippen molar-refractivity contribution in [2.24, 2.45) is 0 Å². The van der Waals surface area contributed by atoms with Crippen LogP contribution in [-0.4, -0.2) is 73.5 Å². The molecule has 22 heavy (non-hydrogen) atoms. The second kappa shape index (κ2) is 6.89. The fourth-order valence-electron chi connectivity index (χ4n) is 3.47. The highest BCUT2D eigenvalue weighted by molar-refractivity contribution is 5.36. The Labute approximate surface area is 132 Å². The molecule has 0 amide bonds. The lowest BCUT2D eigenvalue weighted by atomic mass is 9.87. The van der Waals surface area contributed by atoms with Crippen LogP contribution in [0.3, 0.4) is 0 Å². The highest BCUT2D eigenvalue weighted by Crippen LogP contribution is 2.38. The minimum Gasteiger partial charge on any atom is -0.383 e. The van der Waals surface area contributed by atoms with Crippen molar-refractivity contribution in [2.45, 2.75) is 30.9 Å². The summed E-state index contributed by atoms with van der Waals surface area (Å²) in [5, 5.41) is 0. The van der Waals surface area contributed by atoms with Crippen molar-refractivity contribution in [3.8, 4) is 0 Å². The van der Waals surface area contributed by atoms with Gasteiger partial charge in [0.2, 0.25) is 0 Å². The van der Waals surface area contributed by atoms with E-state index in [0.717, 1.165) is 57.9 Å². The summed E-state index contributed by atoms with van der Waals surface area (Å²) in [5.41, 5.74) is 0.0602. The van der Waals surface area contributed by atoms with Crippen molar-refractivity contribution >= 4 is 5.82 Å². The number of nitrogens with zero attached hydrogens (tertiary/aromatic N) is 4. The fourth-order valence-corrected chi connectivity index (χ4v) is 3.47. The minimum absolute atomic E-state index is 0.0602. The fraction of sp³-hybridized carbons (Fsp3) is 0.750. The van der Waals surface area contributed by atoms with Crippen LogP contribution >= 0.6 is 0 Å². The third-order valence-corrected chi connectivity index (χ3v) is 5.01. The second-order valence-corrected chi connectivity index (χ2v) is 6.38. The molecule has 2 aliphatic heterocycles. The standard InChI is InChI=1S/C16H26N4O2/c1-19(9-10-21-2)14-11-16(22-13-14)3-7-20(8-4-16)15-12-17-5-6-18-15/h5-6,12,14H,3-4,7-11,13H2,1-2H3. The molecule has 1 aromatic rings. The Kier molecular flexibility index (Phi) is 4.90. The zero-order valence-electron chi connectivity index (χ0n) is 13.6. The topological polar surface area (TPSA) is 50.7 Å². The van der Waals surface area contributed by atoms with Gasteiger partial charge in [-0.05, 0) is 26.3 Å². The number of hydrogen-bond acceptors (Lipinski definition) is 6. The van der Waals surface area contributed by atoms with Gasteiger partial charge in [0.05, 0.1) is 25.0 Å². The van der Waals surface area contributed by atoms with Crippen LogP contribution in [0.1, 0.15) is 19.3 Å². The molecule has 6 nitrogen and oxygen atoms in total. The first-order valence-corrected chi connectivity index (χ1v) is 8.06. The molecule has 1 atom stereocenters. The molecule has 2 aliphatic rings. The Morgan fingerprint density at radius 2 is 2.23 bits per heavy atom. The molecule has 0 aromatic carbocycles. The number of likely N-dealkylation sites (N-methyl/N-ethyl adjacent to an activating group) is 1. The summed E-state index contributed by atoms with van der Waals surface area (Å²) in [6.45, 7) is 4.57. The number of rotatable bonds is 5. The second-order valence-electron chi connectivity index (χ2n) is 6.38. The van der Waals surface area contributed by atoms with Gasteiger partial charge in [-0.2, -0.15) is 0 Å². The molecule has 0 N–H and O–H groups in total. The van der Waals surface area contributed by atoms with Crippen molar-refractivity contribution in [3.63, 3.8) is 0 Å². The molecular weight excluding hydrogens is 280 g/mol. The molecule has 3 rings (SSSR count). The van der Waals surface area contributed by atoms with Crippen molar-refractivity contribution in [1.82, 2.24) is 14.9 Å². The molecule has 2 fully saturated rings. The molecule has 1 unspecified atom stereocenters. The molecule has 122 valence electrons. The largest absolute Gasteiger partial charge is 0.383 e. The molecule has 1 spiro atoms. The molecule has 2 saturated heterocycles. The molecule has 0 radical (unpaired) electrons. The number of hydrogen-bond donors (Lipinski definition) is 0. The van der Waals surface area contributed by atoms with Gasteiger partial charge in [0.15, 0.2) is 0 Å². The van der Waals surface area contributed by atoms with Crippen molar-refractivity contribution in [3.05, 3.63) is 18.6 Å². The first-order valence-electron chi connectivity index (χ1n) is 8.06. The third-order valence-electron chi connectivity index (χ3n) is 5.01. The summed E-state index contributed by atoms with van der Waals surface area (Å²) in [7, 11) is 3.92. The zero-order chi connectivity index (χ0) is 15.4. The predicted molar refractivity (Wildman–Crippen MR) is 85.1 cm³/mol. The molecular formula is C16H26N4O2. The average molecular weight is 306 g/mol. The number of methoxy groups -OCH3 is 1. The van der Waals surface area contributed by atoms with E-state index < -0.39 is 0 Å². The molecule has 0 aliphatic carbocycles. The molecule has 0 saturated carbocycles. The predicted octanol–water partition coefficient (Wildman–Crippen LogP) is 1.18. The lowest BCUT2D eigenvalue weighted by molar-refractivity contribution is -0.0159. The van der Waals surface area contributed by atoms with E-state index in [0.29, 0.717) is 6.04 Å². The van der Waals surface area contributed by atoms with Crippen LogP contribution in [0.2, 0.25) is 0 Å². The Hall–Kier alpha value is -1.24. The van der Waals surface area contributed by atoms with E-state index in [9.17, 15) is 0 Å². The van der Waals surface area contributed by atoms with Crippen LogP contribution in [0.5, 0.6) is 0 Å². The average Bonchev–Trinajstić information content (AvgIpc) is 2.98. The van der Waals surface area contributed by atoms with Gasteiger partial charge in [-0.15, -0.1) is 0 Å². The SMILES string of the molecule is COCCN(C)C1COC2(CCN(c3cnccn3)CC2)C1. The van der Waals surface area contributed by atoms with E-state index in [2.05, 4.69) is 26.8 Å². The zero-order valence-corrected chi connectivity index (χ0v) is 13.6. The maximum absolute atomic E-state index is 6.23. The van der Waals surface area contributed by atoms with Gasteiger partial charge in [-0.1, -0.05) is 0 Å². The van der Waals surface area contributed by atoms with Crippen LogP contribution < -0.4 is 4.90 Å². The molecule has 6 heteroatoms. The van der Waals surface area contributed by atoms with Crippen LogP contribution in [0.25, 0.3) is 0 Å². The first-order chi connectivity index (χ1) is 10.7. The van der Waals surface area contributed by atoms with Crippen molar-refractivity contribution < 1.29 is 9.47 Å². The maximum atomic E-state index is 6.23. The van der Waals surface area contributed by atoms with E-state index in [-0.39, 0.29) is 5.60 Å². The first kappa shape index (κ1) is 15.6. The van der Waals surface area contributed by atoms with Crippen LogP contribution in [-0.2, 0) is 9.47 Å². The van der Waals surface area contributed by atoms with Gasteiger partial charge in [0.1, 0.15) is 5.82 Å². The Morgan fingerprint density at radius 1 is 1.41 bits per heavy atom. The van der Waals surface area contributed by atoms with E-state index in [4.69, 9.17) is 9.47 Å². The van der Waals surface area contributed by atoms with Gasteiger partial charge in [0.25, 0.3) is 0 Å². The van der Waals surface area contributed by atoms with Gasteiger partial charge in [0, 0.05) is 45.2 Å².